The molecule has 10 heteroatoms. The molecule has 1 aromatic carbocycles. The average Bonchev–Trinajstić information content (AvgIpc) is 3.42. The quantitative estimate of drug-likeness (QED) is 0.505. The second-order valence-electron chi connectivity index (χ2n) is 6.54. The Balaban J connectivity index is 1.51. The number of halogens is 1. The fraction of sp³-hybridized carbons (Fsp3) is 0.143. The lowest BCUT2D eigenvalue weighted by molar-refractivity contribution is 0.0960. The van der Waals surface area contributed by atoms with Gasteiger partial charge in [0.2, 0.25) is 0 Å². The van der Waals surface area contributed by atoms with E-state index in [9.17, 15) is 9.59 Å². The molecule has 3 heterocycles. The average molecular weight is 458 g/mol. The van der Waals surface area contributed by atoms with E-state index in [1.807, 2.05) is 31.3 Å². The SMILES string of the molecule is CCOc1cc(-n2ccccc2=O)ccc1N1C=C(CNC(=O)c2ccc(Cl)s2)NN1. The number of nitrogens with one attached hydrogen (secondary N) is 3. The third-order valence-corrected chi connectivity index (χ3v) is 5.69. The van der Waals surface area contributed by atoms with Crippen molar-refractivity contribution in [2.75, 3.05) is 18.2 Å². The molecule has 4 rings (SSSR count). The predicted octanol–water partition coefficient (Wildman–Crippen LogP) is 3.05. The van der Waals surface area contributed by atoms with Gasteiger partial charge in [0.05, 0.1) is 33.7 Å². The zero-order valence-corrected chi connectivity index (χ0v) is 18.2. The lowest BCUT2D eigenvalue weighted by Gasteiger charge is -2.20. The van der Waals surface area contributed by atoms with Gasteiger partial charge in [-0.3, -0.25) is 19.2 Å². The van der Waals surface area contributed by atoms with Crippen LogP contribution in [0.2, 0.25) is 4.34 Å². The van der Waals surface area contributed by atoms with E-state index < -0.39 is 0 Å². The Morgan fingerprint density at radius 1 is 1.23 bits per heavy atom. The second kappa shape index (κ2) is 9.25. The molecule has 2 aromatic heterocycles. The van der Waals surface area contributed by atoms with Crippen LogP contribution in [-0.2, 0) is 0 Å². The summed E-state index contributed by atoms with van der Waals surface area (Å²) in [6, 6.07) is 13.9. The highest BCUT2D eigenvalue weighted by Gasteiger charge is 2.19. The fourth-order valence-corrected chi connectivity index (χ4v) is 3.99. The minimum Gasteiger partial charge on any atom is -0.492 e. The van der Waals surface area contributed by atoms with Crippen LogP contribution in [0.3, 0.4) is 0 Å². The number of aromatic nitrogens is 1. The van der Waals surface area contributed by atoms with E-state index in [2.05, 4.69) is 16.3 Å². The van der Waals surface area contributed by atoms with Gasteiger partial charge in [-0.05, 0) is 37.3 Å². The molecule has 0 fully saturated rings. The van der Waals surface area contributed by atoms with E-state index in [0.717, 1.165) is 11.4 Å². The van der Waals surface area contributed by atoms with E-state index >= 15 is 0 Å². The number of hydrogen-bond acceptors (Lipinski definition) is 7. The summed E-state index contributed by atoms with van der Waals surface area (Å²) < 4.78 is 7.93. The second-order valence-corrected chi connectivity index (χ2v) is 8.26. The van der Waals surface area contributed by atoms with Gasteiger partial charge in [-0.1, -0.05) is 17.7 Å². The van der Waals surface area contributed by atoms with Crippen molar-refractivity contribution >= 4 is 34.5 Å². The molecule has 0 radical (unpaired) electrons. The molecule has 1 aliphatic heterocycles. The van der Waals surface area contributed by atoms with Crippen LogP contribution < -0.4 is 31.6 Å². The molecule has 0 atom stereocenters. The van der Waals surface area contributed by atoms with Crippen LogP contribution in [0.1, 0.15) is 16.6 Å². The summed E-state index contributed by atoms with van der Waals surface area (Å²) in [6.45, 7) is 2.67. The number of carbonyl (C=O) groups is 1. The van der Waals surface area contributed by atoms with E-state index in [1.165, 1.54) is 17.4 Å². The number of hydrogen-bond donors (Lipinski definition) is 3. The summed E-state index contributed by atoms with van der Waals surface area (Å²) in [7, 11) is 0. The normalized spacial score (nSPS) is 13.0. The van der Waals surface area contributed by atoms with E-state index in [-0.39, 0.29) is 11.5 Å². The molecule has 0 unspecified atom stereocenters. The summed E-state index contributed by atoms with van der Waals surface area (Å²) in [5, 5.41) is 4.60. The highest BCUT2D eigenvalue weighted by molar-refractivity contribution is 7.18. The molecule has 160 valence electrons. The number of ether oxygens (including phenoxy) is 1. The number of thiophene rings is 1. The number of rotatable bonds is 7. The number of amides is 1. The smallest absolute Gasteiger partial charge is 0.261 e. The molecule has 3 N–H and O–H groups in total. The van der Waals surface area contributed by atoms with Crippen LogP contribution in [0.5, 0.6) is 5.75 Å². The van der Waals surface area contributed by atoms with Gasteiger partial charge in [0.1, 0.15) is 11.4 Å². The maximum atomic E-state index is 12.2. The monoisotopic (exact) mass is 457 g/mol. The summed E-state index contributed by atoms with van der Waals surface area (Å²) in [5.74, 6) is 0.422. The van der Waals surface area contributed by atoms with Crippen LogP contribution >= 0.6 is 22.9 Å². The number of nitrogens with zero attached hydrogens (tertiary/aromatic N) is 2. The van der Waals surface area contributed by atoms with Crippen molar-refractivity contribution < 1.29 is 9.53 Å². The number of anilines is 1. The van der Waals surface area contributed by atoms with Gasteiger partial charge in [0, 0.05) is 24.5 Å². The lowest BCUT2D eigenvalue weighted by atomic mass is 10.2. The lowest BCUT2D eigenvalue weighted by Crippen LogP contribution is -2.38. The molecule has 0 saturated heterocycles. The number of pyridine rings is 1. The molecular weight excluding hydrogens is 438 g/mol. The first-order chi connectivity index (χ1) is 15.0. The predicted molar refractivity (Wildman–Crippen MR) is 122 cm³/mol. The standard InChI is InChI=1S/C21H20ClN5O3S/c1-2-30-17-11-15(26-10-4-3-5-20(26)28)6-7-16(17)27-13-14(24-25-27)12-23-21(29)18-8-9-19(22)31-18/h3-11,13,24-25H,2,12H2,1H3,(H,23,29). The van der Waals surface area contributed by atoms with Gasteiger partial charge >= 0.3 is 0 Å². The molecule has 0 bridgehead atoms. The van der Waals surface area contributed by atoms with E-state index in [0.29, 0.717) is 33.8 Å². The van der Waals surface area contributed by atoms with Crippen molar-refractivity contribution in [2.24, 2.45) is 0 Å². The van der Waals surface area contributed by atoms with Crippen LogP contribution in [0.25, 0.3) is 5.69 Å². The minimum atomic E-state index is -0.189. The van der Waals surface area contributed by atoms with Crippen LogP contribution in [0.15, 0.2) is 71.4 Å². The van der Waals surface area contributed by atoms with E-state index in [4.69, 9.17) is 16.3 Å². The molecular formula is C21H20ClN5O3S. The number of benzene rings is 1. The Morgan fingerprint density at radius 2 is 2.10 bits per heavy atom. The summed E-state index contributed by atoms with van der Waals surface area (Å²) >= 11 is 7.12. The maximum Gasteiger partial charge on any atom is 0.261 e. The Kier molecular flexibility index (Phi) is 6.26. The van der Waals surface area contributed by atoms with Gasteiger partial charge in [0.15, 0.2) is 0 Å². The van der Waals surface area contributed by atoms with Gasteiger partial charge in [-0.25, -0.2) is 0 Å². The molecule has 8 nitrogen and oxygen atoms in total. The zero-order valence-electron chi connectivity index (χ0n) is 16.6. The largest absolute Gasteiger partial charge is 0.492 e. The molecule has 0 aliphatic carbocycles. The summed E-state index contributed by atoms with van der Waals surface area (Å²) in [4.78, 5) is 24.9. The molecule has 1 amide bonds. The summed E-state index contributed by atoms with van der Waals surface area (Å²) in [5.41, 5.74) is 8.17. The van der Waals surface area contributed by atoms with Gasteiger partial charge in [0.25, 0.3) is 11.5 Å². The van der Waals surface area contributed by atoms with Gasteiger partial charge in [-0.2, -0.15) is 0 Å². The highest BCUT2D eigenvalue weighted by Crippen LogP contribution is 2.31. The highest BCUT2D eigenvalue weighted by atomic mass is 35.5. The third-order valence-electron chi connectivity index (χ3n) is 4.46. The maximum absolute atomic E-state index is 12.2. The van der Waals surface area contributed by atoms with Crippen molar-refractivity contribution in [2.45, 2.75) is 6.92 Å². The number of hydrazine groups is 2. The van der Waals surface area contributed by atoms with Crippen LogP contribution in [-0.4, -0.2) is 23.6 Å². The third kappa shape index (κ3) is 4.74. The van der Waals surface area contributed by atoms with Crippen molar-refractivity contribution in [3.63, 3.8) is 0 Å². The topological polar surface area (TPSA) is 87.6 Å². The van der Waals surface area contributed by atoms with Crippen molar-refractivity contribution in [3.05, 3.63) is 86.2 Å². The molecule has 0 spiro atoms. The first kappa shape index (κ1) is 21.0. The Labute approximate surface area is 187 Å². The molecule has 31 heavy (non-hydrogen) atoms. The molecule has 1 aliphatic rings. The number of carbonyl (C=O) groups excluding carboxylic acids is 1. The molecule has 3 aromatic rings. The zero-order chi connectivity index (χ0) is 21.8. The Morgan fingerprint density at radius 3 is 2.84 bits per heavy atom. The van der Waals surface area contributed by atoms with Gasteiger partial charge in [-0.15, -0.1) is 16.9 Å². The van der Waals surface area contributed by atoms with Crippen LogP contribution in [0.4, 0.5) is 5.69 Å². The van der Waals surface area contributed by atoms with Gasteiger partial charge < -0.3 is 15.5 Å². The van der Waals surface area contributed by atoms with Crippen LogP contribution in [0, 0.1) is 0 Å². The molecule has 0 saturated carbocycles. The fourth-order valence-electron chi connectivity index (χ4n) is 3.03. The Bertz CT molecular complexity index is 1190. The Hall–Kier alpha value is -3.27. The first-order valence-corrected chi connectivity index (χ1v) is 10.7. The minimum absolute atomic E-state index is 0.122. The van der Waals surface area contributed by atoms with Crippen molar-refractivity contribution in [1.82, 2.24) is 20.8 Å². The summed E-state index contributed by atoms with van der Waals surface area (Å²) in [6.07, 6.45) is 3.54. The van der Waals surface area contributed by atoms with Crippen molar-refractivity contribution in [3.8, 4) is 11.4 Å². The first-order valence-electron chi connectivity index (χ1n) is 9.55. The van der Waals surface area contributed by atoms with E-state index in [1.54, 1.807) is 40.0 Å². The van der Waals surface area contributed by atoms with Crippen molar-refractivity contribution in [1.29, 1.82) is 0 Å².